The van der Waals surface area contributed by atoms with Crippen LogP contribution in [0.25, 0.3) is 0 Å². The van der Waals surface area contributed by atoms with Crippen LogP contribution in [0.1, 0.15) is 17.7 Å². The summed E-state index contributed by atoms with van der Waals surface area (Å²) in [7, 11) is 1.64. The van der Waals surface area contributed by atoms with E-state index >= 15 is 0 Å². The number of aliphatic imine (C=N–C) groups is 1. The molecular weight excluding hydrogens is 270 g/mol. The standard InChI is InChI=1S/C15H19N3OS/c1-11(14-7-4-8-20-14)10-17-15(16)18-12-5-3-6-13(9-12)19-2/h3-9,11H,10H2,1-2H3,(H3,16,17,18). The first-order valence-electron chi connectivity index (χ1n) is 6.43. The molecule has 2 rings (SSSR count). The molecule has 1 aromatic carbocycles. The Balaban J connectivity index is 1.93. The average molecular weight is 289 g/mol. The molecule has 1 heterocycles. The number of rotatable bonds is 5. The number of thiophene rings is 1. The van der Waals surface area contributed by atoms with Crippen LogP contribution in [-0.2, 0) is 0 Å². The van der Waals surface area contributed by atoms with Crippen molar-refractivity contribution in [1.82, 2.24) is 0 Å². The molecule has 0 bridgehead atoms. The highest BCUT2D eigenvalue weighted by atomic mass is 32.1. The fourth-order valence-electron chi connectivity index (χ4n) is 1.79. The van der Waals surface area contributed by atoms with Crippen molar-refractivity contribution in [2.24, 2.45) is 10.7 Å². The van der Waals surface area contributed by atoms with Crippen molar-refractivity contribution in [3.8, 4) is 5.75 Å². The molecule has 0 spiro atoms. The Morgan fingerprint density at radius 3 is 2.95 bits per heavy atom. The minimum atomic E-state index is 0.376. The zero-order valence-corrected chi connectivity index (χ0v) is 12.5. The predicted molar refractivity (Wildman–Crippen MR) is 85.8 cm³/mol. The number of hydrogen-bond donors (Lipinski definition) is 2. The summed E-state index contributed by atoms with van der Waals surface area (Å²) < 4.78 is 5.16. The van der Waals surface area contributed by atoms with Crippen molar-refractivity contribution >= 4 is 23.0 Å². The lowest BCUT2D eigenvalue weighted by Gasteiger charge is -2.09. The Bertz CT molecular complexity index is 566. The molecule has 2 aromatic rings. The maximum atomic E-state index is 5.90. The number of hydrogen-bond acceptors (Lipinski definition) is 3. The Labute approximate surface area is 123 Å². The summed E-state index contributed by atoms with van der Waals surface area (Å²) in [6, 6.07) is 11.8. The third kappa shape index (κ3) is 3.99. The van der Waals surface area contributed by atoms with Gasteiger partial charge in [0.25, 0.3) is 0 Å². The Hall–Kier alpha value is -2.01. The highest BCUT2D eigenvalue weighted by Gasteiger charge is 2.05. The fraction of sp³-hybridized carbons (Fsp3) is 0.267. The third-order valence-electron chi connectivity index (χ3n) is 2.91. The van der Waals surface area contributed by atoms with Gasteiger partial charge < -0.3 is 15.8 Å². The number of nitrogens with one attached hydrogen (secondary N) is 1. The fourth-order valence-corrected chi connectivity index (χ4v) is 2.56. The first-order chi connectivity index (χ1) is 9.69. The number of ether oxygens (including phenoxy) is 1. The van der Waals surface area contributed by atoms with Crippen molar-refractivity contribution in [1.29, 1.82) is 0 Å². The van der Waals surface area contributed by atoms with E-state index in [1.165, 1.54) is 4.88 Å². The molecular formula is C15H19N3OS. The number of nitrogens with zero attached hydrogens (tertiary/aromatic N) is 1. The minimum absolute atomic E-state index is 0.376. The Morgan fingerprint density at radius 2 is 2.25 bits per heavy atom. The van der Waals surface area contributed by atoms with Gasteiger partial charge in [-0.25, -0.2) is 0 Å². The number of anilines is 1. The highest BCUT2D eigenvalue weighted by Crippen LogP contribution is 2.21. The molecule has 1 atom stereocenters. The predicted octanol–water partition coefficient (Wildman–Crippen LogP) is 3.29. The molecule has 0 aliphatic rings. The minimum Gasteiger partial charge on any atom is -0.497 e. The average Bonchev–Trinajstić information content (AvgIpc) is 2.99. The monoisotopic (exact) mass is 289 g/mol. The summed E-state index contributed by atoms with van der Waals surface area (Å²) in [5, 5.41) is 5.15. The van der Waals surface area contributed by atoms with Crippen LogP contribution in [-0.4, -0.2) is 19.6 Å². The van der Waals surface area contributed by atoms with Gasteiger partial charge in [0.05, 0.1) is 13.7 Å². The summed E-state index contributed by atoms with van der Waals surface area (Å²) >= 11 is 1.74. The molecule has 20 heavy (non-hydrogen) atoms. The molecule has 0 saturated heterocycles. The van der Waals surface area contributed by atoms with Gasteiger partial charge in [0.2, 0.25) is 0 Å². The van der Waals surface area contributed by atoms with E-state index < -0.39 is 0 Å². The van der Waals surface area contributed by atoms with Crippen LogP contribution in [0.5, 0.6) is 5.75 Å². The molecule has 5 heteroatoms. The van der Waals surface area contributed by atoms with Crippen LogP contribution in [0.2, 0.25) is 0 Å². The summed E-state index contributed by atoms with van der Waals surface area (Å²) in [6.07, 6.45) is 0. The van der Waals surface area contributed by atoms with Gasteiger partial charge in [-0.3, -0.25) is 4.99 Å². The van der Waals surface area contributed by atoms with Crippen LogP contribution in [0.4, 0.5) is 5.69 Å². The van der Waals surface area contributed by atoms with Crippen molar-refractivity contribution in [3.63, 3.8) is 0 Å². The van der Waals surface area contributed by atoms with E-state index in [2.05, 4.69) is 34.7 Å². The van der Waals surface area contributed by atoms with Crippen molar-refractivity contribution in [2.45, 2.75) is 12.8 Å². The maximum absolute atomic E-state index is 5.90. The second kappa shape index (κ2) is 6.96. The summed E-state index contributed by atoms with van der Waals surface area (Å²) in [5.74, 6) is 1.58. The molecule has 0 saturated carbocycles. The molecule has 0 amide bonds. The van der Waals surface area contributed by atoms with E-state index in [-0.39, 0.29) is 0 Å². The van der Waals surface area contributed by atoms with Crippen LogP contribution >= 0.6 is 11.3 Å². The van der Waals surface area contributed by atoms with Crippen molar-refractivity contribution in [3.05, 3.63) is 46.7 Å². The van der Waals surface area contributed by atoms with Crippen molar-refractivity contribution in [2.75, 3.05) is 19.0 Å². The van der Waals surface area contributed by atoms with E-state index in [4.69, 9.17) is 10.5 Å². The SMILES string of the molecule is COc1cccc(NC(N)=NCC(C)c2cccs2)c1. The largest absolute Gasteiger partial charge is 0.497 e. The topological polar surface area (TPSA) is 59.6 Å². The van der Waals surface area contributed by atoms with E-state index in [1.54, 1.807) is 18.4 Å². The van der Waals surface area contributed by atoms with Crippen LogP contribution in [0, 0.1) is 0 Å². The van der Waals surface area contributed by atoms with E-state index in [1.807, 2.05) is 24.3 Å². The van der Waals surface area contributed by atoms with E-state index in [9.17, 15) is 0 Å². The number of guanidine groups is 1. The Morgan fingerprint density at radius 1 is 1.40 bits per heavy atom. The lowest BCUT2D eigenvalue weighted by molar-refractivity contribution is 0.415. The molecule has 4 nitrogen and oxygen atoms in total. The lowest BCUT2D eigenvalue weighted by Crippen LogP contribution is -2.23. The molecule has 1 unspecified atom stereocenters. The molecule has 0 aliphatic carbocycles. The first-order valence-corrected chi connectivity index (χ1v) is 7.31. The number of benzene rings is 1. The second-order valence-electron chi connectivity index (χ2n) is 4.50. The van der Waals surface area contributed by atoms with Gasteiger partial charge >= 0.3 is 0 Å². The zero-order valence-electron chi connectivity index (χ0n) is 11.7. The smallest absolute Gasteiger partial charge is 0.193 e. The number of nitrogens with two attached hydrogens (primary N) is 1. The second-order valence-corrected chi connectivity index (χ2v) is 5.48. The van der Waals surface area contributed by atoms with Gasteiger partial charge in [-0.2, -0.15) is 0 Å². The van der Waals surface area contributed by atoms with E-state index in [0.29, 0.717) is 18.4 Å². The van der Waals surface area contributed by atoms with Crippen LogP contribution < -0.4 is 15.8 Å². The van der Waals surface area contributed by atoms with E-state index in [0.717, 1.165) is 11.4 Å². The van der Waals surface area contributed by atoms with Gasteiger partial charge in [0.1, 0.15) is 5.75 Å². The van der Waals surface area contributed by atoms with Gasteiger partial charge in [-0.1, -0.05) is 19.1 Å². The van der Waals surface area contributed by atoms with Gasteiger partial charge in [0, 0.05) is 22.5 Å². The van der Waals surface area contributed by atoms with Gasteiger partial charge in [-0.05, 0) is 23.6 Å². The number of methoxy groups -OCH3 is 1. The van der Waals surface area contributed by atoms with Crippen LogP contribution in [0.3, 0.4) is 0 Å². The molecule has 1 aromatic heterocycles. The molecule has 3 N–H and O–H groups in total. The summed E-state index contributed by atoms with van der Waals surface area (Å²) in [5.41, 5.74) is 6.77. The quantitative estimate of drug-likeness (QED) is 0.656. The molecule has 0 fully saturated rings. The third-order valence-corrected chi connectivity index (χ3v) is 4.01. The maximum Gasteiger partial charge on any atom is 0.193 e. The first kappa shape index (κ1) is 14.4. The van der Waals surface area contributed by atoms with Crippen LogP contribution in [0.15, 0.2) is 46.8 Å². The lowest BCUT2D eigenvalue weighted by atomic mass is 10.1. The molecule has 106 valence electrons. The molecule has 0 radical (unpaired) electrons. The van der Waals surface area contributed by atoms with Crippen molar-refractivity contribution < 1.29 is 4.74 Å². The molecule has 0 aliphatic heterocycles. The van der Waals surface area contributed by atoms with Gasteiger partial charge in [0.15, 0.2) is 5.96 Å². The normalized spacial score (nSPS) is 13.0. The Kier molecular flexibility index (Phi) is 5.01. The highest BCUT2D eigenvalue weighted by molar-refractivity contribution is 7.10. The van der Waals surface area contributed by atoms with Gasteiger partial charge in [-0.15, -0.1) is 11.3 Å². The zero-order chi connectivity index (χ0) is 14.4. The summed E-state index contributed by atoms with van der Waals surface area (Å²) in [6.45, 7) is 2.82. The summed E-state index contributed by atoms with van der Waals surface area (Å²) in [4.78, 5) is 5.70.